The van der Waals surface area contributed by atoms with Crippen LogP contribution in [0.25, 0.3) is 0 Å². The molecule has 1 amide bonds. The summed E-state index contributed by atoms with van der Waals surface area (Å²) in [5, 5.41) is 10.6. The van der Waals surface area contributed by atoms with Crippen molar-refractivity contribution in [1.29, 1.82) is 0 Å². The average Bonchev–Trinajstić information content (AvgIpc) is 2.88. The number of hydrogen-bond donors (Lipinski definition) is 1. The standard InChI is InChI=1S/C17H29N5O2/c1-14(23)21-7-9-22(10-8-21)16-3-5-20(6-4-17(16)24)12-15-11-19(2)13-18-15/h11,13,16-17,24H,3-10,12H2,1-2H3/t16-,17-/m0/s1. The van der Waals surface area contributed by atoms with Gasteiger partial charge in [-0.1, -0.05) is 0 Å². The van der Waals surface area contributed by atoms with Gasteiger partial charge in [0.25, 0.3) is 0 Å². The topological polar surface area (TPSA) is 64.8 Å². The summed E-state index contributed by atoms with van der Waals surface area (Å²) in [6, 6.07) is 0.202. The van der Waals surface area contributed by atoms with E-state index in [2.05, 4.69) is 21.0 Å². The summed E-state index contributed by atoms with van der Waals surface area (Å²) in [7, 11) is 1.99. The van der Waals surface area contributed by atoms with Crippen LogP contribution < -0.4 is 0 Å². The molecule has 0 bridgehead atoms. The largest absolute Gasteiger partial charge is 0.391 e. The molecule has 0 spiro atoms. The van der Waals surface area contributed by atoms with Crippen molar-refractivity contribution >= 4 is 5.91 Å². The van der Waals surface area contributed by atoms with Crippen LogP contribution in [0.2, 0.25) is 0 Å². The van der Waals surface area contributed by atoms with Gasteiger partial charge < -0.3 is 14.6 Å². The highest BCUT2D eigenvalue weighted by molar-refractivity contribution is 5.73. The minimum absolute atomic E-state index is 0.151. The van der Waals surface area contributed by atoms with Crippen LogP contribution in [0.1, 0.15) is 25.5 Å². The molecule has 2 aliphatic rings. The van der Waals surface area contributed by atoms with E-state index in [0.29, 0.717) is 0 Å². The van der Waals surface area contributed by atoms with E-state index in [4.69, 9.17) is 0 Å². The first-order chi connectivity index (χ1) is 11.5. The predicted octanol–water partition coefficient (Wildman–Crippen LogP) is -0.0905. The maximum atomic E-state index is 11.5. The highest BCUT2D eigenvalue weighted by atomic mass is 16.3. The van der Waals surface area contributed by atoms with Gasteiger partial charge in [-0.25, -0.2) is 4.98 Å². The highest BCUT2D eigenvalue weighted by Crippen LogP contribution is 2.20. The Bertz CT molecular complexity index is 553. The predicted molar refractivity (Wildman–Crippen MR) is 91.3 cm³/mol. The van der Waals surface area contributed by atoms with Crippen LogP contribution in [-0.2, 0) is 18.4 Å². The van der Waals surface area contributed by atoms with Crippen molar-refractivity contribution in [3.8, 4) is 0 Å². The molecule has 2 aliphatic heterocycles. The third-order valence-corrected chi connectivity index (χ3v) is 5.30. The number of carbonyl (C=O) groups is 1. The molecule has 1 aromatic rings. The van der Waals surface area contributed by atoms with Crippen molar-refractivity contribution in [2.24, 2.45) is 7.05 Å². The number of likely N-dealkylation sites (tertiary alicyclic amines) is 1. The monoisotopic (exact) mass is 335 g/mol. The number of aliphatic hydroxyl groups excluding tert-OH is 1. The zero-order valence-corrected chi connectivity index (χ0v) is 14.8. The second-order valence-corrected chi connectivity index (χ2v) is 7.06. The Morgan fingerprint density at radius 2 is 1.92 bits per heavy atom. The van der Waals surface area contributed by atoms with Crippen molar-refractivity contribution in [3.63, 3.8) is 0 Å². The summed E-state index contributed by atoms with van der Waals surface area (Å²) in [6.07, 6.45) is 5.36. The number of piperazine rings is 1. The summed E-state index contributed by atoms with van der Waals surface area (Å²) < 4.78 is 1.97. The van der Waals surface area contributed by atoms with Gasteiger partial charge in [0.15, 0.2) is 0 Å². The third kappa shape index (κ3) is 4.15. The van der Waals surface area contributed by atoms with Gasteiger partial charge in [-0.05, 0) is 12.8 Å². The highest BCUT2D eigenvalue weighted by Gasteiger charge is 2.32. The van der Waals surface area contributed by atoms with Gasteiger partial charge in [0.05, 0.1) is 18.1 Å². The van der Waals surface area contributed by atoms with Crippen molar-refractivity contribution in [2.45, 2.75) is 38.5 Å². The Morgan fingerprint density at radius 3 is 2.54 bits per heavy atom. The summed E-state index contributed by atoms with van der Waals surface area (Å²) in [5.74, 6) is 0.151. The second kappa shape index (κ2) is 7.63. The van der Waals surface area contributed by atoms with Crippen LogP contribution in [0.4, 0.5) is 0 Å². The number of aryl methyl sites for hydroxylation is 1. The molecule has 2 atom stereocenters. The van der Waals surface area contributed by atoms with Crippen LogP contribution in [0.5, 0.6) is 0 Å². The van der Waals surface area contributed by atoms with E-state index in [1.165, 1.54) is 0 Å². The van der Waals surface area contributed by atoms with Gasteiger partial charge in [0.1, 0.15) is 0 Å². The first-order valence-electron chi connectivity index (χ1n) is 8.90. The lowest BCUT2D eigenvalue weighted by atomic mass is 10.0. The molecule has 0 aromatic carbocycles. The molecule has 0 unspecified atom stereocenters. The van der Waals surface area contributed by atoms with Crippen LogP contribution in [0.15, 0.2) is 12.5 Å². The number of amides is 1. The Balaban J connectivity index is 1.54. The van der Waals surface area contributed by atoms with E-state index in [0.717, 1.165) is 64.3 Å². The van der Waals surface area contributed by atoms with E-state index in [-0.39, 0.29) is 18.1 Å². The molecule has 1 aromatic heterocycles. The molecule has 134 valence electrons. The fourth-order valence-corrected chi connectivity index (χ4v) is 3.86. The summed E-state index contributed by atoms with van der Waals surface area (Å²) in [4.78, 5) is 22.5. The summed E-state index contributed by atoms with van der Waals surface area (Å²) >= 11 is 0. The van der Waals surface area contributed by atoms with Gasteiger partial charge >= 0.3 is 0 Å². The number of imidazole rings is 1. The van der Waals surface area contributed by atoms with Crippen molar-refractivity contribution in [1.82, 2.24) is 24.3 Å². The van der Waals surface area contributed by atoms with Crippen molar-refractivity contribution < 1.29 is 9.90 Å². The van der Waals surface area contributed by atoms with Crippen molar-refractivity contribution in [2.75, 3.05) is 39.3 Å². The third-order valence-electron chi connectivity index (χ3n) is 5.30. The molecule has 7 heteroatoms. The first kappa shape index (κ1) is 17.4. The molecule has 3 rings (SSSR count). The maximum absolute atomic E-state index is 11.5. The van der Waals surface area contributed by atoms with Crippen LogP contribution in [0, 0.1) is 0 Å². The molecular weight excluding hydrogens is 306 g/mol. The molecule has 24 heavy (non-hydrogen) atoms. The minimum Gasteiger partial charge on any atom is -0.391 e. The normalized spacial score (nSPS) is 27.2. The second-order valence-electron chi connectivity index (χ2n) is 7.06. The zero-order chi connectivity index (χ0) is 17.1. The number of hydrogen-bond acceptors (Lipinski definition) is 5. The van der Waals surface area contributed by atoms with Gasteiger partial charge in [-0.15, -0.1) is 0 Å². The fraction of sp³-hybridized carbons (Fsp3) is 0.765. The molecule has 3 heterocycles. The quantitative estimate of drug-likeness (QED) is 0.836. The summed E-state index contributed by atoms with van der Waals surface area (Å²) in [6.45, 7) is 7.63. The number of carbonyl (C=O) groups excluding carboxylic acids is 1. The molecule has 2 saturated heterocycles. The Kier molecular flexibility index (Phi) is 5.53. The summed E-state index contributed by atoms with van der Waals surface area (Å²) in [5.41, 5.74) is 1.08. The number of rotatable bonds is 3. The molecule has 2 fully saturated rings. The molecule has 0 radical (unpaired) electrons. The average molecular weight is 335 g/mol. The van der Waals surface area contributed by atoms with Crippen LogP contribution in [-0.4, -0.2) is 86.7 Å². The molecule has 0 saturated carbocycles. The van der Waals surface area contributed by atoms with E-state index >= 15 is 0 Å². The van der Waals surface area contributed by atoms with Gasteiger partial charge in [-0.3, -0.25) is 14.6 Å². The van der Waals surface area contributed by atoms with E-state index in [1.807, 2.05) is 22.8 Å². The van der Waals surface area contributed by atoms with Gasteiger partial charge in [-0.2, -0.15) is 0 Å². The molecular formula is C17H29N5O2. The fourth-order valence-electron chi connectivity index (χ4n) is 3.86. The Labute approximate surface area is 143 Å². The molecule has 7 nitrogen and oxygen atoms in total. The zero-order valence-electron chi connectivity index (χ0n) is 14.8. The van der Waals surface area contributed by atoms with Gasteiger partial charge in [0, 0.05) is 72.0 Å². The lowest BCUT2D eigenvalue weighted by Gasteiger charge is -2.40. The minimum atomic E-state index is -0.289. The van der Waals surface area contributed by atoms with E-state index in [1.54, 1.807) is 6.92 Å². The lowest BCUT2D eigenvalue weighted by Crippen LogP contribution is -2.54. The number of aliphatic hydroxyl groups is 1. The van der Waals surface area contributed by atoms with Gasteiger partial charge in [0.2, 0.25) is 5.91 Å². The molecule has 1 N–H and O–H groups in total. The smallest absolute Gasteiger partial charge is 0.219 e. The maximum Gasteiger partial charge on any atom is 0.219 e. The van der Waals surface area contributed by atoms with Crippen LogP contribution >= 0.6 is 0 Å². The Morgan fingerprint density at radius 1 is 1.21 bits per heavy atom. The van der Waals surface area contributed by atoms with Crippen LogP contribution in [0.3, 0.4) is 0 Å². The number of nitrogens with zero attached hydrogens (tertiary/aromatic N) is 5. The number of aromatic nitrogens is 2. The first-order valence-corrected chi connectivity index (χ1v) is 8.90. The lowest BCUT2D eigenvalue weighted by molar-refractivity contribution is -0.131. The molecule has 0 aliphatic carbocycles. The van der Waals surface area contributed by atoms with E-state index < -0.39 is 0 Å². The van der Waals surface area contributed by atoms with Crippen molar-refractivity contribution in [3.05, 3.63) is 18.2 Å². The Hall–Kier alpha value is -1.44. The van der Waals surface area contributed by atoms with E-state index in [9.17, 15) is 9.90 Å². The SMILES string of the molecule is CC(=O)N1CCN([C@H]2CCN(Cc3cn(C)cn3)CC[C@@H]2O)CC1.